The normalized spacial score (nSPS) is 15.3. The van der Waals surface area contributed by atoms with Crippen molar-refractivity contribution in [2.45, 2.75) is 4.90 Å². The smallest absolute Gasteiger partial charge is 0.269 e. The van der Waals surface area contributed by atoms with Gasteiger partial charge in [0.05, 0.1) is 15.5 Å². The molecule has 0 N–H and O–H groups in total. The Balaban J connectivity index is 1.76. The van der Waals surface area contributed by atoms with Crippen molar-refractivity contribution in [3.8, 4) is 6.07 Å². The van der Waals surface area contributed by atoms with Gasteiger partial charge >= 0.3 is 0 Å². The molecule has 0 radical (unpaired) electrons. The maximum absolute atomic E-state index is 13.8. The molecule has 0 aromatic heterocycles. The van der Waals surface area contributed by atoms with E-state index in [4.69, 9.17) is 5.26 Å². The van der Waals surface area contributed by atoms with Crippen molar-refractivity contribution < 1.29 is 17.7 Å². The van der Waals surface area contributed by atoms with Gasteiger partial charge < -0.3 is 4.90 Å². The number of nitro benzene ring substituents is 1. The Kier molecular flexibility index (Phi) is 5.07. The number of nitro groups is 1. The molecule has 8 nitrogen and oxygen atoms in total. The van der Waals surface area contributed by atoms with Crippen LogP contribution in [0.2, 0.25) is 0 Å². The van der Waals surface area contributed by atoms with Crippen molar-refractivity contribution in [2.24, 2.45) is 0 Å². The van der Waals surface area contributed by atoms with Gasteiger partial charge in [0.25, 0.3) is 5.69 Å². The standard InChI is InChI=1S/C17H15FN4O4S/c18-16-2-1-3-17(15(16)12-19)20-8-10-21(11-9-20)27(25,26)14-6-4-13(5-7-14)22(23)24/h1-7H,8-11H2. The van der Waals surface area contributed by atoms with Crippen molar-refractivity contribution >= 4 is 21.4 Å². The minimum atomic E-state index is -3.79. The molecule has 1 saturated heterocycles. The zero-order valence-electron chi connectivity index (χ0n) is 14.1. The fraction of sp³-hybridized carbons (Fsp3) is 0.235. The summed E-state index contributed by atoms with van der Waals surface area (Å²) in [6.07, 6.45) is 0. The SMILES string of the molecule is N#Cc1c(F)cccc1N1CCN(S(=O)(=O)c2ccc([N+](=O)[O-])cc2)CC1. The van der Waals surface area contributed by atoms with Gasteiger partial charge in [-0.2, -0.15) is 9.57 Å². The molecule has 27 heavy (non-hydrogen) atoms. The minimum absolute atomic E-state index is 0.0231. The predicted molar refractivity (Wildman–Crippen MR) is 95.2 cm³/mol. The Labute approximate surface area is 155 Å². The van der Waals surface area contributed by atoms with Crippen molar-refractivity contribution in [3.63, 3.8) is 0 Å². The van der Waals surface area contributed by atoms with E-state index < -0.39 is 20.8 Å². The average molecular weight is 390 g/mol. The number of piperazine rings is 1. The van der Waals surface area contributed by atoms with Crippen molar-refractivity contribution in [1.82, 2.24) is 4.31 Å². The summed E-state index contributed by atoms with van der Waals surface area (Å²) in [6, 6.07) is 10.9. The van der Waals surface area contributed by atoms with Crippen LogP contribution in [0.15, 0.2) is 47.4 Å². The average Bonchev–Trinajstić information content (AvgIpc) is 2.68. The quantitative estimate of drug-likeness (QED) is 0.584. The van der Waals surface area contributed by atoms with Crippen LogP contribution in [0, 0.1) is 27.3 Å². The van der Waals surface area contributed by atoms with Crippen LogP contribution in [0.5, 0.6) is 0 Å². The molecule has 0 saturated carbocycles. The van der Waals surface area contributed by atoms with E-state index in [-0.39, 0.29) is 29.2 Å². The highest BCUT2D eigenvalue weighted by molar-refractivity contribution is 7.89. The fourth-order valence-electron chi connectivity index (χ4n) is 2.95. The summed E-state index contributed by atoms with van der Waals surface area (Å²) in [7, 11) is -3.79. The van der Waals surface area contributed by atoms with Crippen molar-refractivity contribution in [1.29, 1.82) is 5.26 Å². The van der Waals surface area contributed by atoms with E-state index in [1.54, 1.807) is 11.0 Å². The number of sulfonamides is 1. The lowest BCUT2D eigenvalue weighted by molar-refractivity contribution is -0.384. The molecule has 1 heterocycles. The van der Waals surface area contributed by atoms with Crippen LogP contribution in [0.1, 0.15) is 5.56 Å². The zero-order chi connectivity index (χ0) is 19.6. The Morgan fingerprint density at radius 3 is 2.26 bits per heavy atom. The summed E-state index contributed by atoms with van der Waals surface area (Å²) < 4.78 is 40.5. The predicted octanol–water partition coefficient (Wildman–Crippen LogP) is 2.12. The summed E-state index contributed by atoms with van der Waals surface area (Å²) in [5.74, 6) is -0.615. The number of nitriles is 1. The van der Waals surface area contributed by atoms with Crippen LogP contribution in [0.4, 0.5) is 15.8 Å². The van der Waals surface area contributed by atoms with E-state index in [1.807, 2.05) is 6.07 Å². The lowest BCUT2D eigenvalue weighted by atomic mass is 10.1. The first-order chi connectivity index (χ1) is 12.8. The first-order valence-corrected chi connectivity index (χ1v) is 9.47. The molecule has 1 aliphatic rings. The topological polar surface area (TPSA) is 108 Å². The zero-order valence-corrected chi connectivity index (χ0v) is 14.9. The van der Waals surface area contributed by atoms with Crippen LogP contribution in [-0.2, 0) is 10.0 Å². The summed E-state index contributed by atoms with van der Waals surface area (Å²) in [5, 5.41) is 19.9. The first-order valence-electron chi connectivity index (χ1n) is 8.03. The van der Waals surface area contributed by atoms with Gasteiger partial charge in [0.2, 0.25) is 10.0 Å². The van der Waals surface area contributed by atoms with Crippen LogP contribution in [0.3, 0.4) is 0 Å². The molecular weight excluding hydrogens is 375 g/mol. The van der Waals surface area contributed by atoms with Gasteiger partial charge in [0.1, 0.15) is 17.4 Å². The van der Waals surface area contributed by atoms with Crippen LogP contribution >= 0.6 is 0 Å². The second kappa shape index (κ2) is 7.30. The maximum Gasteiger partial charge on any atom is 0.269 e. The Bertz CT molecular complexity index is 1010. The van der Waals surface area contributed by atoms with E-state index in [0.29, 0.717) is 18.8 Å². The molecule has 0 aliphatic carbocycles. The summed E-state index contributed by atoms with van der Waals surface area (Å²) in [5.41, 5.74) is 0.183. The number of nitrogens with zero attached hydrogens (tertiary/aromatic N) is 4. The fourth-order valence-corrected chi connectivity index (χ4v) is 4.37. The molecule has 2 aromatic rings. The number of halogens is 1. The molecule has 2 aromatic carbocycles. The van der Waals surface area contributed by atoms with E-state index >= 15 is 0 Å². The molecule has 0 amide bonds. The van der Waals surface area contributed by atoms with Gasteiger partial charge in [-0.05, 0) is 24.3 Å². The van der Waals surface area contributed by atoms with Crippen LogP contribution in [-0.4, -0.2) is 43.8 Å². The highest BCUT2D eigenvalue weighted by Crippen LogP contribution is 2.26. The minimum Gasteiger partial charge on any atom is -0.368 e. The number of anilines is 1. The van der Waals surface area contributed by atoms with Gasteiger partial charge in [0.15, 0.2) is 0 Å². The summed E-state index contributed by atoms with van der Waals surface area (Å²) in [4.78, 5) is 11.8. The number of non-ortho nitro benzene ring substituents is 1. The Morgan fingerprint density at radius 2 is 1.70 bits per heavy atom. The second-order valence-corrected chi connectivity index (χ2v) is 7.83. The van der Waals surface area contributed by atoms with Crippen LogP contribution < -0.4 is 4.90 Å². The summed E-state index contributed by atoms with van der Waals surface area (Å²) in [6.45, 7) is 0.899. The highest BCUT2D eigenvalue weighted by Gasteiger charge is 2.29. The second-order valence-electron chi connectivity index (χ2n) is 5.89. The van der Waals surface area contributed by atoms with Gasteiger partial charge in [-0.3, -0.25) is 10.1 Å². The van der Waals surface area contributed by atoms with E-state index in [0.717, 1.165) is 12.1 Å². The van der Waals surface area contributed by atoms with Gasteiger partial charge in [0, 0.05) is 38.3 Å². The van der Waals surface area contributed by atoms with Crippen molar-refractivity contribution in [3.05, 3.63) is 64.0 Å². The van der Waals surface area contributed by atoms with E-state index in [9.17, 15) is 22.9 Å². The number of hydrogen-bond acceptors (Lipinski definition) is 6. The van der Waals surface area contributed by atoms with E-state index in [1.165, 1.54) is 28.6 Å². The van der Waals surface area contributed by atoms with Crippen LogP contribution in [0.25, 0.3) is 0 Å². The van der Waals surface area contributed by atoms with Crippen molar-refractivity contribution in [2.75, 3.05) is 31.1 Å². The molecule has 1 fully saturated rings. The third-order valence-corrected chi connectivity index (χ3v) is 6.28. The molecule has 0 unspecified atom stereocenters. The largest absolute Gasteiger partial charge is 0.368 e. The van der Waals surface area contributed by atoms with Gasteiger partial charge in [-0.15, -0.1) is 0 Å². The lowest BCUT2D eigenvalue weighted by Crippen LogP contribution is -2.48. The summed E-state index contributed by atoms with van der Waals surface area (Å²) >= 11 is 0. The highest BCUT2D eigenvalue weighted by atomic mass is 32.2. The Hall–Kier alpha value is -3.03. The molecule has 0 spiro atoms. The lowest BCUT2D eigenvalue weighted by Gasteiger charge is -2.35. The third kappa shape index (κ3) is 3.60. The molecule has 140 valence electrons. The number of hydrogen-bond donors (Lipinski definition) is 0. The Morgan fingerprint density at radius 1 is 1.07 bits per heavy atom. The number of benzene rings is 2. The maximum atomic E-state index is 13.8. The molecule has 0 bridgehead atoms. The number of rotatable bonds is 4. The first kappa shape index (κ1) is 18.8. The molecule has 3 rings (SSSR count). The molecule has 10 heteroatoms. The molecule has 1 aliphatic heterocycles. The van der Waals surface area contributed by atoms with E-state index in [2.05, 4.69) is 0 Å². The third-order valence-electron chi connectivity index (χ3n) is 4.37. The molecular formula is C17H15FN4O4S. The van der Waals surface area contributed by atoms with Gasteiger partial charge in [-0.25, -0.2) is 12.8 Å². The van der Waals surface area contributed by atoms with Gasteiger partial charge in [-0.1, -0.05) is 6.07 Å². The monoisotopic (exact) mass is 390 g/mol. The molecule has 0 atom stereocenters.